The minimum Gasteiger partial charge on any atom is -0.356 e. The number of aliphatic hydroxyl groups excluding tert-OH is 1. The van der Waals surface area contributed by atoms with Gasteiger partial charge in [-0.25, -0.2) is 0 Å². The van der Waals surface area contributed by atoms with Crippen molar-refractivity contribution in [1.29, 1.82) is 0 Å². The summed E-state index contributed by atoms with van der Waals surface area (Å²) in [7, 11) is 0. The SMILES string of the molecule is O=C[C@H](CCC(=O)N1CCNC(c2ccccc2)C1)NC(=O)[C@H](CC1CCCCC1)NC(O)OCc1cccc(Cl)c1. The Kier molecular flexibility index (Phi) is 12.8. The molecule has 0 spiro atoms. The number of nitrogens with one attached hydrogen (secondary N) is 3. The van der Waals surface area contributed by atoms with Crippen LogP contribution in [-0.2, 0) is 25.7 Å². The number of amides is 2. The van der Waals surface area contributed by atoms with Crippen molar-refractivity contribution in [3.05, 3.63) is 70.7 Å². The van der Waals surface area contributed by atoms with Gasteiger partial charge in [-0.2, -0.15) is 0 Å². The third-order valence-electron chi connectivity index (χ3n) is 8.14. The lowest BCUT2D eigenvalue weighted by Gasteiger charge is -2.34. The molecule has 1 aliphatic heterocycles. The largest absolute Gasteiger partial charge is 0.356 e. The molecule has 2 unspecified atom stereocenters. The molecule has 1 aliphatic carbocycles. The Hall–Kier alpha value is -2.82. The number of halogens is 1. The summed E-state index contributed by atoms with van der Waals surface area (Å²) in [6.07, 6.45) is 5.63. The molecule has 4 atom stereocenters. The van der Waals surface area contributed by atoms with E-state index in [-0.39, 0.29) is 37.3 Å². The van der Waals surface area contributed by atoms with Gasteiger partial charge in [0.15, 0.2) is 0 Å². The van der Waals surface area contributed by atoms with Crippen LogP contribution in [0.3, 0.4) is 0 Å². The van der Waals surface area contributed by atoms with Crippen LogP contribution < -0.4 is 16.0 Å². The zero-order valence-electron chi connectivity index (χ0n) is 24.1. The van der Waals surface area contributed by atoms with E-state index in [1.807, 2.05) is 41.3 Å². The molecule has 1 heterocycles. The molecule has 1 saturated carbocycles. The zero-order chi connectivity index (χ0) is 29.7. The molecule has 42 heavy (non-hydrogen) atoms. The number of aliphatic hydroxyl groups is 1. The van der Waals surface area contributed by atoms with Gasteiger partial charge in [0.05, 0.1) is 18.7 Å². The van der Waals surface area contributed by atoms with E-state index >= 15 is 0 Å². The number of hydrogen-bond donors (Lipinski definition) is 4. The van der Waals surface area contributed by atoms with Gasteiger partial charge >= 0.3 is 0 Å². The fraction of sp³-hybridized carbons (Fsp3) is 0.531. The number of aldehydes is 1. The lowest BCUT2D eigenvalue weighted by atomic mass is 9.84. The number of carbonyl (C=O) groups is 3. The fourth-order valence-electron chi connectivity index (χ4n) is 5.81. The van der Waals surface area contributed by atoms with Crippen molar-refractivity contribution >= 4 is 29.7 Å². The first-order valence-corrected chi connectivity index (χ1v) is 15.4. The van der Waals surface area contributed by atoms with Gasteiger partial charge < -0.3 is 30.2 Å². The van der Waals surface area contributed by atoms with Gasteiger partial charge in [-0.05, 0) is 42.0 Å². The van der Waals surface area contributed by atoms with E-state index in [1.54, 1.807) is 18.2 Å². The fourth-order valence-corrected chi connectivity index (χ4v) is 6.02. The van der Waals surface area contributed by atoms with Crippen LogP contribution in [0.25, 0.3) is 0 Å². The Balaban J connectivity index is 1.29. The van der Waals surface area contributed by atoms with Gasteiger partial charge in [0.2, 0.25) is 18.2 Å². The number of rotatable bonds is 14. The van der Waals surface area contributed by atoms with Gasteiger partial charge in [-0.15, -0.1) is 0 Å². The molecule has 1 saturated heterocycles. The lowest BCUT2D eigenvalue weighted by Crippen LogP contribution is -2.53. The van der Waals surface area contributed by atoms with Crippen LogP contribution in [-0.4, -0.2) is 66.2 Å². The van der Waals surface area contributed by atoms with Crippen LogP contribution in [0.5, 0.6) is 0 Å². The molecule has 4 rings (SSSR count). The molecule has 9 nitrogen and oxygen atoms in total. The van der Waals surface area contributed by atoms with Gasteiger partial charge in [0.25, 0.3) is 0 Å². The van der Waals surface area contributed by atoms with Crippen LogP contribution in [0.1, 0.15) is 68.5 Å². The molecule has 2 aromatic rings. The number of ether oxygens (including phenoxy) is 1. The molecule has 4 N–H and O–H groups in total. The predicted molar refractivity (Wildman–Crippen MR) is 161 cm³/mol. The van der Waals surface area contributed by atoms with Crippen molar-refractivity contribution in [1.82, 2.24) is 20.9 Å². The van der Waals surface area contributed by atoms with Crippen LogP contribution >= 0.6 is 11.6 Å². The van der Waals surface area contributed by atoms with Crippen molar-refractivity contribution in [2.45, 2.75) is 82.5 Å². The summed E-state index contributed by atoms with van der Waals surface area (Å²) in [5.41, 5.74) is 1.92. The third kappa shape index (κ3) is 10.2. The summed E-state index contributed by atoms with van der Waals surface area (Å²) in [6, 6.07) is 15.7. The van der Waals surface area contributed by atoms with Gasteiger partial charge in [0, 0.05) is 37.1 Å². The monoisotopic (exact) mass is 598 g/mol. The van der Waals surface area contributed by atoms with Crippen LogP contribution in [0.2, 0.25) is 5.02 Å². The highest BCUT2D eigenvalue weighted by molar-refractivity contribution is 6.30. The minimum atomic E-state index is -1.38. The predicted octanol–water partition coefficient (Wildman–Crippen LogP) is 3.70. The average molecular weight is 599 g/mol. The number of benzene rings is 2. The van der Waals surface area contributed by atoms with E-state index in [0.29, 0.717) is 43.3 Å². The second-order valence-electron chi connectivity index (χ2n) is 11.3. The summed E-state index contributed by atoms with van der Waals surface area (Å²) >= 11 is 6.04. The second kappa shape index (κ2) is 16.7. The Morgan fingerprint density at radius 3 is 2.64 bits per heavy atom. The minimum absolute atomic E-state index is 0.0414. The number of carbonyl (C=O) groups excluding carboxylic acids is 3. The van der Waals surface area contributed by atoms with Crippen LogP contribution in [0.15, 0.2) is 54.6 Å². The summed E-state index contributed by atoms with van der Waals surface area (Å²) in [5, 5.41) is 20.3. The van der Waals surface area contributed by atoms with E-state index < -0.39 is 18.5 Å². The zero-order valence-corrected chi connectivity index (χ0v) is 24.8. The number of hydrogen-bond acceptors (Lipinski definition) is 7. The van der Waals surface area contributed by atoms with Crippen molar-refractivity contribution in [3.63, 3.8) is 0 Å². The Morgan fingerprint density at radius 1 is 1.12 bits per heavy atom. The van der Waals surface area contributed by atoms with Gasteiger partial charge in [-0.1, -0.05) is 86.2 Å². The maximum Gasteiger partial charge on any atom is 0.237 e. The third-order valence-corrected chi connectivity index (χ3v) is 8.38. The maximum atomic E-state index is 13.4. The Labute approximate surface area is 253 Å². The highest BCUT2D eigenvalue weighted by Gasteiger charge is 2.29. The summed E-state index contributed by atoms with van der Waals surface area (Å²) in [6.45, 7) is 1.96. The van der Waals surface area contributed by atoms with Crippen molar-refractivity contribution in [2.24, 2.45) is 5.92 Å². The van der Waals surface area contributed by atoms with Crippen LogP contribution in [0, 0.1) is 5.92 Å². The lowest BCUT2D eigenvalue weighted by molar-refractivity contribution is -0.146. The molecule has 2 amide bonds. The van der Waals surface area contributed by atoms with Crippen molar-refractivity contribution in [3.8, 4) is 0 Å². The molecule has 228 valence electrons. The molecule has 0 aromatic heterocycles. The standard InChI is InChI=1S/C32H43ClN4O5/c33-26-13-7-10-24(18-26)22-42-32(41)36-28(19-23-8-3-1-4-9-23)31(40)35-27(21-38)14-15-30(39)37-17-16-34-29(20-37)25-11-5-2-6-12-25/h2,5-7,10-13,18,21,23,27-29,32,34,36,41H,1,3-4,8-9,14-17,19-20,22H2,(H,35,40)/t27-,28-,29?,32?/m0/s1. The van der Waals surface area contributed by atoms with E-state index in [2.05, 4.69) is 16.0 Å². The van der Waals surface area contributed by atoms with Crippen molar-refractivity contribution < 1.29 is 24.2 Å². The average Bonchev–Trinajstić information content (AvgIpc) is 3.02. The second-order valence-corrected chi connectivity index (χ2v) is 11.7. The normalized spacial score (nSPS) is 20.0. The van der Waals surface area contributed by atoms with Gasteiger partial charge in [-0.3, -0.25) is 14.9 Å². The van der Waals surface area contributed by atoms with E-state index in [4.69, 9.17) is 16.3 Å². The topological polar surface area (TPSA) is 120 Å². The maximum absolute atomic E-state index is 13.4. The first-order chi connectivity index (χ1) is 20.4. The molecular weight excluding hydrogens is 556 g/mol. The number of piperazine rings is 1. The number of nitrogens with zero attached hydrogens (tertiary/aromatic N) is 1. The van der Waals surface area contributed by atoms with E-state index in [9.17, 15) is 19.5 Å². The van der Waals surface area contributed by atoms with E-state index in [0.717, 1.165) is 36.8 Å². The highest BCUT2D eigenvalue weighted by atomic mass is 35.5. The smallest absolute Gasteiger partial charge is 0.237 e. The Morgan fingerprint density at radius 2 is 1.90 bits per heavy atom. The first-order valence-electron chi connectivity index (χ1n) is 15.0. The van der Waals surface area contributed by atoms with Gasteiger partial charge in [0.1, 0.15) is 6.29 Å². The molecule has 2 aromatic carbocycles. The van der Waals surface area contributed by atoms with E-state index in [1.165, 1.54) is 6.42 Å². The summed E-state index contributed by atoms with van der Waals surface area (Å²) in [5.74, 6) is -0.0919. The summed E-state index contributed by atoms with van der Waals surface area (Å²) in [4.78, 5) is 40.2. The summed E-state index contributed by atoms with van der Waals surface area (Å²) < 4.78 is 5.55. The quantitative estimate of drug-likeness (QED) is 0.193. The molecule has 10 heteroatoms. The molecule has 2 aliphatic rings. The first kappa shape index (κ1) is 32.1. The van der Waals surface area contributed by atoms with Crippen LogP contribution in [0.4, 0.5) is 0 Å². The highest BCUT2D eigenvalue weighted by Crippen LogP contribution is 2.27. The van der Waals surface area contributed by atoms with Crippen molar-refractivity contribution in [2.75, 3.05) is 19.6 Å². The molecule has 0 bridgehead atoms. The Bertz CT molecular complexity index is 1150. The molecule has 2 fully saturated rings. The molecular formula is C32H43ClN4O5. The molecule has 0 radical (unpaired) electrons.